The average molecular weight is 328 g/mol. The van der Waals surface area contributed by atoms with Crippen LogP contribution in [0.5, 0.6) is 0 Å². The van der Waals surface area contributed by atoms with Crippen LogP contribution in [0.3, 0.4) is 0 Å². The van der Waals surface area contributed by atoms with Crippen LogP contribution in [0.1, 0.15) is 17.5 Å². The number of piperazine rings is 1. The largest absolute Gasteiger partial charge is 0.366 e. The fourth-order valence-electron chi connectivity index (χ4n) is 3.04. The number of fused-ring (bicyclic) bond motifs is 1. The van der Waals surface area contributed by atoms with Crippen LogP contribution in [-0.2, 0) is 13.0 Å². The minimum absolute atomic E-state index is 0.855. The van der Waals surface area contributed by atoms with Crippen LogP contribution in [0.4, 0.5) is 5.69 Å². The second-order valence-corrected chi connectivity index (χ2v) is 6.85. The van der Waals surface area contributed by atoms with Crippen LogP contribution in [0.25, 0.3) is 5.65 Å². The summed E-state index contributed by atoms with van der Waals surface area (Å²) in [6.07, 6.45) is 2.60. The molecular formula is C16H20N6S. The Labute approximate surface area is 139 Å². The lowest BCUT2D eigenvalue weighted by Gasteiger charge is -2.35. The van der Waals surface area contributed by atoms with E-state index in [4.69, 9.17) is 0 Å². The first-order valence-electron chi connectivity index (χ1n) is 8.03. The van der Waals surface area contributed by atoms with Crippen molar-refractivity contribution in [1.82, 2.24) is 24.7 Å². The number of aryl methyl sites for hydroxylation is 1. The van der Waals surface area contributed by atoms with Gasteiger partial charge in [-0.1, -0.05) is 13.0 Å². The molecule has 3 aromatic heterocycles. The van der Waals surface area contributed by atoms with Gasteiger partial charge in [0.2, 0.25) is 5.65 Å². The third kappa shape index (κ3) is 2.94. The van der Waals surface area contributed by atoms with E-state index in [0.717, 1.165) is 56.2 Å². The molecule has 3 aromatic rings. The number of hydrogen-bond donors (Lipinski definition) is 0. The summed E-state index contributed by atoms with van der Waals surface area (Å²) in [4.78, 5) is 6.37. The van der Waals surface area contributed by atoms with Crippen molar-refractivity contribution >= 4 is 22.7 Å². The molecule has 0 atom stereocenters. The maximum absolute atomic E-state index is 4.53. The van der Waals surface area contributed by atoms with Crippen molar-refractivity contribution in [2.75, 3.05) is 31.1 Å². The lowest BCUT2D eigenvalue weighted by atomic mass is 10.2. The normalized spacial score (nSPS) is 16.3. The highest BCUT2D eigenvalue weighted by Gasteiger charge is 2.21. The van der Waals surface area contributed by atoms with Crippen molar-refractivity contribution in [3.63, 3.8) is 0 Å². The van der Waals surface area contributed by atoms with E-state index >= 15 is 0 Å². The van der Waals surface area contributed by atoms with E-state index in [9.17, 15) is 0 Å². The van der Waals surface area contributed by atoms with Crippen LogP contribution in [0.15, 0.2) is 29.9 Å². The number of hydrogen-bond acceptors (Lipinski definition) is 6. The van der Waals surface area contributed by atoms with Gasteiger partial charge in [-0.25, -0.2) is 0 Å². The van der Waals surface area contributed by atoms with E-state index in [1.807, 2.05) is 11.3 Å². The highest BCUT2D eigenvalue weighted by Crippen LogP contribution is 2.23. The molecule has 7 heteroatoms. The van der Waals surface area contributed by atoms with Gasteiger partial charge in [-0.2, -0.15) is 9.61 Å². The lowest BCUT2D eigenvalue weighted by Crippen LogP contribution is -2.46. The average Bonchev–Trinajstić information content (AvgIpc) is 3.26. The van der Waals surface area contributed by atoms with Gasteiger partial charge in [-0.15, -0.1) is 21.5 Å². The molecule has 0 aromatic carbocycles. The topological polar surface area (TPSA) is 49.6 Å². The highest BCUT2D eigenvalue weighted by atomic mass is 32.1. The fraction of sp³-hybridized carbons (Fsp3) is 0.438. The molecule has 0 saturated carbocycles. The maximum atomic E-state index is 4.53. The summed E-state index contributed by atoms with van der Waals surface area (Å²) in [6.45, 7) is 7.36. The minimum atomic E-state index is 0.855. The van der Waals surface area contributed by atoms with Gasteiger partial charge in [0.25, 0.3) is 0 Å². The van der Waals surface area contributed by atoms with E-state index in [1.165, 1.54) is 4.88 Å². The quantitative estimate of drug-likeness (QED) is 0.734. The molecule has 1 saturated heterocycles. The molecule has 0 amide bonds. The first-order chi connectivity index (χ1) is 11.3. The Hall–Kier alpha value is -1.99. The summed E-state index contributed by atoms with van der Waals surface area (Å²) in [5.74, 6) is 0. The summed E-state index contributed by atoms with van der Waals surface area (Å²) in [6, 6.07) is 6.51. The van der Waals surface area contributed by atoms with Gasteiger partial charge in [0.1, 0.15) is 6.33 Å². The van der Waals surface area contributed by atoms with Crippen LogP contribution in [-0.4, -0.2) is 50.9 Å². The number of nitrogens with zero attached hydrogens (tertiary/aromatic N) is 6. The molecule has 0 radical (unpaired) electrons. The van der Waals surface area contributed by atoms with Gasteiger partial charge in [0, 0.05) is 37.6 Å². The summed E-state index contributed by atoms with van der Waals surface area (Å²) < 4.78 is 1.80. The zero-order chi connectivity index (χ0) is 15.6. The second-order valence-electron chi connectivity index (χ2n) is 5.82. The molecule has 0 spiro atoms. The third-order valence-electron chi connectivity index (χ3n) is 4.33. The Morgan fingerprint density at radius 3 is 2.83 bits per heavy atom. The SMILES string of the molecule is CCc1cc(N2CCN(Cc3cccs3)CC2)c2nncn2n1. The number of aromatic nitrogens is 4. The molecule has 1 fully saturated rings. The molecule has 6 nitrogen and oxygen atoms in total. The van der Waals surface area contributed by atoms with Gasteiger partial charge < -0.3 is 4.90 Å². The Bertz CT molecular complexity index is 773. The molecule has 0 unspecified atom stereocenters. The molecular weight excluding hydrogens is 308 g/mol. The van der Waals surface area contributed by atoms with Crippen LogP contribution in [0, 0.1) is 0 Å². The first-order valence-corrected chi connectivity index (χ1v) is 8.91. The molecule has 0 aliphatic carbocycles. The van der Waals surface area contributed by atoms with E-state index in [2.05, 4.69) is 55.6 Å². The van der Waals surface area contributed by atoms with Crippen LogP contribution >= 0.6 is 11.3 Å². The van der Waals surface area contributed by atoms with Gasteiger partial charge >= 0.3 is 0 Å². The van der Waals surface area contributed by atoms with Crippen molar-refractivity contribution < 1.29 is 0 Å². The molecule has 1 aliphatic rings. The Balaban J connectivity index is 1.51. The van der Waals surface area contributed by atoms with Gasteiger partial charge in [0.15, 0.2) is 0 Å². The maximum Gasteiger partial charge on any atom is 0.200 e. The van der Waals surface area contributed by atoms with E-state index < -0.39 is 0 Å². The summed E-state index contributed by atoms with van der Waals surface area (Å²) in [7, 11) is 0. The zero-order valence-electron chi connectivity index (χ0n) is 13.2. The number of thiophene rings is 1. The molecule has 4 heterocycles. The Kier molecular flexibility index (Phi) is 3.97. The molecule has 4 rings (SSSR count). The van der Waals surface area contributed by atoms with E-state index in [-0.39, 0.29) is 0 Å². The van der Waals surface area contributed by atoms with Gasteiger partial charge in [-0.05, 0) is 23.9 Å². The third-order valence-corrected chi connectivity index (χ3v) is 5.19. The molecule has 120 valence electrons. The zero-order valence-corrected chi connectivity index (χ0v) is 14.0. The summed E-state index contributed by atoms with van der Waals surface area (Å²) >= 11 is 1.84. The minimum Gasteiger partial charge on any atom is -0.366 e. The van der Waals surface area contributed by atoms with E-state index in [1.54, 1.807) is 10.8 Å². The van der Waals surface area contributed by atoms with Crippen molar-refractivity contribution in [3.05, 3.63) is 40.5 Å². The number of rotatable bonds is 4. The second kappa shape index (κ2) is 6.25. The van der Waals surface area contributed by atoms with Gasteiger partial charge in [0.05, 0.1) is 11.4 Å². The predicted octanol–water partition coefficient (Wildman–Crippen LogP) is 2.07. The van der Waals surface area contributed by atoms with E-state index in [0.29, 0.717) is 0 Å². The molecule has 1 aliphatic heterocycles. The smallest absolute Gasteiger partial charge is 0.200 e. The highest BCUT2D eigenvalue weighted by molar-refractivity contribution is 7.09. The Morgan fingerprint density at radius 2 is 2.09 bits per heavy atom. The lowest BCUT2D eigenvalue weighted by molar-refractivity contribution is 0.252. The number of anilines is 1. The van der Waals surface area contributed by atoms with Crippen LogP contribution in [0.2, 0.25) is 0 Å². The first kappa shape index (κ1) is 14.6. The monoisotopic (exact) mass is 328 g/mol. The van der Waals surface area contributed by atoms with Crippen molar-refractivity contribution in [2.24, 2.45) is 0 Å². The van der Waals surface area contributed by atoms with Crippen molar-refractivity contribution in [2.45, 2.75) is 19.9 Å². The molecule has 0 N–H and O–H groups in total. The van der Waals surface area contributed by atoms with Crippen molar-refractivity contribution in [3.8, 4) is 0 Å². The fourth-order valence-corrected chi connectivity index (χ4v) is 3.78. The predicted molar refractivity (Wildman–Crippen MR) is 92.0 cm³/mol. The molecule has 23 heavy (non-hydrogen) atoms. The standard InChI is InChI=1S/C16H20N6S/c1-2-13-10-15(16-18-17-12-22(16)19-13)21-7-5-20(6-8-21)11-14-4-3-9-23-14/h3-4,9-10,12H,2,5-8,11H2,1H3. The van der Waals surface area contributed by atoms with Crippen LogP contribution < -0.4 is 4.90 Å². The summed E-state index contributed by atoms with van der Waals surface area (Å²) in [5, 5.41) is 14.9. The van der Waals surface area contributed by atoms with Crippen molar-refractivity contribution in [1.29, 1.82) is 0 Å². The molecule has 0 bridgehead atoms. The Morgan fingerprint density at radius 1 is 1.22 bits per heavy atom. The summed E-state index contributed by atoms with van der Waals surface area (Å²) in [5.41, 5.74) is 3.09. The van der Waals surface area contributed by atoms with Gasteiger partial charge in [-0.3, -0.25) is 4.90 Å².